The van der Waals surface area contributed by atoms with Crippen LogP contribution in [0.15, 0.2) is 36.5 Å². The number of hydrogen-bond donors (Lipinski definition) is 1. The van der Waals surface area contributed by atoms with Gasteiger partial charge in [-0.1, -0.05) is 11.6 Å². The fourth-order valence-electron chi connectivity index (χ4n) is 3.14. The lowest BCUT2D eigenvalue weighted by molar-refractivity contribution is -0.121. The maximum atomic E-state index is 13.4. The van der Waals surface area contributed by atoms with E-state index in [1.54, 1.807) is 11.9 Å². The minimum Gasteiger partial charge on any atom is -0.359 e. The second kappa shape index (κ2) is 7.27. The zero-order chi connectivity index (χ0) is 18.0. The number of nitrogens with zero attached hydrogens (tertiary/aromatic N) is 2. The van der Waals surface area contributed by atoms with Crippen LogP contribution in [0, 0.1) is 11.7 Å². The van der Waals surface area contributed by atoms with E-state index >= 15 is 0 Å². The van der Waals surface area contributed by atoms with Crippen molar-refractivity contribution in [3.05, 3.63) is 58.6 Å². The number of nitrogens with one attached hydrogen (secondary N) is 1. The van der Waals surface area contributed by atoms with Crippen molar-refractivity contribution in [2.45, 2.75) is 19.5 Å². The van der Waals surface area contributed by atoms with Crippen molar-refractivity contribution >= 4 is 23.4 Å². The molecular weight excluding hydrogens is 345 g/mol. The van der Waals surface area contributed by atoms with Crippen LogP contribution < -0.4 is 5.32 Å². The molecule has 1 atom stereocenters. The summed E-state index contributed by atoms with van der Waals surface area (Å²) in [6, 6.07) is 7.85. The van der Waals surface area contributed by atoms with E-state index in [2.05, 4.69) is 9.88 Å². The van der Waals surface area contributed by atoms with E-state index in [-0.39, 0.29) is 22.8 Å². The average Bonchev–Trinajstić information content (AvgIpc) is 2.95. The Kier molecular flexibility index (Phi) is 5.08. The molecule has 2 heterocycles. The first-order chi connectivity index (χ1) is 12.0. The highest BCUT2D eigenvalue weighted by Gasteiger charge is 2.27. The van der Waals surface area contributed by atoms with E-state index in [1.807, 2.05) is 18.3 Å². The minimum absolute atomic E-state index is 0.00605. The number of fused-ring (bicyclic) bond motifs is 1. The normalized spacial score (nSPS) is 16.9. The van der Waals surface area contributed by atoms with Gasteiger partial charge in [0, 0.05) is 49.9 Å². The van der Waals surface area contributed by atoms with E-state index in [1.165, 1.54) is 18.2 Å². The third-order valence-corrected chi connectivity index (χ3v) is 4.71. The molecule has 132 valence electrons. The summed E-state index contributed by atoms with van der Waals surface area (Å²) in [5, 5.41) is 2.55. The minimum atomic E-state index is -0.555. The molecule has 25 heavy (non-hydrogen) atoms. The molecule has 3 rings (SSSR count). The van der Waals surface area contributed by atoms with Crippen LogP contribution in [0.3, 0.4) is 0 Å². The zero-order valence-electron chi connectivity index (χ0n) is 13.8. The molecule has 1 N–H and O–H groups in total. The molecule has 0 spiro atoms. The van der Waals surface area contributed by atoms with Gasteiger partial charge in [-0.15, -0.1) is 0 Å². The lowest BCUT2D eigenvalue weighted by atomic mass is 10.0. The maximum absolute atomic E-state index is 13.4. The molecule has 0 aliphatic carbocycles. The van der Waals surface area contributed by atoms with Crippen LogP contribution in [-0.4, -0.2) is 34.9 Å². The van der Waals surface area contributed by atoms with Gasteiger partial charge in [-0.25, -0.2) is 4.39 Å². The van der Waals surface area contributed by atoms with Crippen LogP contribution in [0.2, 0.25) is 5.02 Å². The van der Waals surface area contributed by atoms with E-state index in [9.17, 15) is 14.0 Å². The van der Waals surface area contributed by atoms with Gasteiger partial charge in [0.05, 0.1) is 11.6 Å². The van der Waals surface area contributed by atoms with Crippen molar-refractivity contribution < 1.29 is 14.0 Å². The number of rotatable bonds is 3. The molecular formula is C18H19ClFN3O2. The van der Waals surface area contributed by atoms with Crippen molar-refractivity contribution in [1.29, 1.82) is 0 Å². The quantitative estimate of drug-likeness (QED) is 0.911. The summed E-state index contributed by atoms with van der Waals surface area (Å²) < 4.78 is 15.4. The van der Waals surface area contributed by atoms with Crippen LogP contribution in [0.1, 0.15) is 22.5 Å². The lowest BCUT2D eigenvalue weighted by Crippen LogP contribution is -2.35. The summed E-state index contributed by atoms with van der Waals surface area (Å²) in [5.41, 5.74) is 1.34. The van der Waals surface area contributed by atoms with Crippen molar-refractivity contribution in [2.75, 3.05) is 13.6 Å². The van der Waals surface area contributed by atoms with Gasteiger partial charge in [0.2, 0.25) is 5.91 Å². The van der Waals surface area contributed by atoms with E-state index < -0.39 is 5.82 Å². The number of carbonyl (C=O) groups is 2. The predicted octanol–water partition coefficient (Wildman–Crippen LogP) is 2.69. The monoisotopic (exact) mass is 363 g/mol. The first-order valence-corrected chi connectivity index (χ1v) is 8.44. The summed E-state index contributed by atoms with van der Waals surface area (Å²) in [6.07, 6.45) is 2.29. The highest BCUT2D eigenvalue weighted by atomic mass is 35.5. The second-order valence-corrected chi connectivity index (χ2v) is 6.62. The van der Waals surface area contributed by atoms with E-state index in [0.29, 0.717) is 31.6 Å². The first kappa shape index (κ1) is 17.5. The van der Waals surface area contributed by atoms with E-state index in [4.69, 9.17) is 11.6 Å². The molecule has 1 unspecified atom stereocenters. The van der Waals surface area contributed by atoms with Crippen molar-refractivity contribution in [3.8, 4) is 0 Å². The molecule has 2 amide bonds. The van der Waals surface area contributed by atoms with Gasteiger partial charge < -0.3 is 14.8 Å². The number of carbonyl (C=O) groups excluding carboxylic acids is 2. The lowest BCUT2D eigenvalue weighted by Gasteiger charge is -2.24. The SMILES string of the molecule is CNC(=O)CC1CN(C(=O)c2ccc(F)c(Cl)c2)Cc2cccn2C1. The number of amides is 2. The molecule has 5 nitrogen and oxygen atoms in total. The fourth-order valence-corrected chi connectivity index (χ4v) is 3.32. The second-order valence-electron chi connectivity index (χ2n) is 6.21. The summed E-state index contributed by atoms with van der Waals surface area (Å²) in [6.45, 7) is 1.55. The van der Waals surface area contributed by atoms with Gasteiger partial charge in [0.1, 0.15) is 5.82 Å². The van der Waals surface area contributed by atoms with Gasteiger partial charge in [0.15, 0.2) is 0 Å². The van der Waals surface area contributed by atoms with Crippen molar-refractivity contribution in [3.63, 3.8) is 0 Å². The number of hydrogen-bond acceptors (Lipinski definition) is 2. The standard InChI is InChI=1S/C18H19ClFN3O2/c1-21-17(24)7-12-9-22-6-2-3-14(22)11-23(10-12)18(25)13-4-5-16(20)15(19)8-13/h2-6,8,12H,7,9-11H2,1H3,(H,21,24). The maximum Gasteiger partial charge on any atom is 0.254 e. The summed E-state index contributed by atoms with van der Waals surface area (Å²) >= 11 is 5.81. The molecule has 1 aromatic carbocycles. The summed E-state index contributed by atoms with van der Waals surface area (Å²) in [5.74, 6) is -0.842. The smallest absolute Gasteiger partial charge is 0.254 e. The van der Waals surface area contributed by atoms with Crippen LogP contribution in [0.4, 0.5) is 4.39 Å². The van der Waals surface area contributed by atoms with Gasteiger partial charge in [-0.2, -0.15) is 0 Å². The van der Waals surface area contributed by atoms with Gasteiger partial charge >= 0.3 is 0 Å². The molecule has 0 bridgehead atoms. The Bertz CT molecular complexity index is 805. The van der Waals surface area contributed by atoms with Crippen molar-refractivity contribution in [1.82, 2.24) is 14.8 Å². The van der Waals surface area contributed by atoms with Crippen molar-refractivity contribution in [2.24, 2.45) is 5.92 Å². The molecule has 7 heteroatoms. The third-order valence-electron chi connectivity index (χ3n) is 4.42. The van der Waals surface area contributed by atoms with E-state index in [0.717, 1.165) is 5.69 Å². The predicted molar refractivity (Wildman–Crippen MR) is 92.8 cm³/mol. The number of halogens is 2. The Morgan fingerprint density at radius 3 is 2.84 bits per heavy atom. The molecule has 0 radical (unpaired) electrons. The first-order valence-electron chi connectivity index (χ1n) is 8.07. The molecule has 0 saturated carbocycles. The Balaban J connectivity index is 1.87. The molecule has 1 aromatic heterocycles. The van der Waals surface area contributed by atoms with Gasteiger partial charge in [-0.05, 0) is 30.3 Å². The van der Waals surface area contributed by atoms with Gasteiger partial charge in [0.25, 0.3) is 5.91 Å². The Morgan fingerprint density at radius 1 is 1.32 bits per heavy atom. The fraction of sp³-hybridized carbons (Fsp3) is 0.333. The summed E-state index contributed by atoms with van der Waals surface area (Å²) in [4.78, 5) is 26.4. The molecule has 1 aliphatic rings. The largest absolute Gasteiger partial charge is 0.359 e. The molecule has 1 aliphatic heterocycles. The van der Waals surface area contributed by atoms with Crippen LogP contribution in [0.5, 0.6) is 0 Å². The average molecular weight is 364 g/mol. The number of aromatic nitrogens is 1. The van der Waals surface area contributed by atoms with Crippen LogP contribution in [-0.2, 0) is 17.9 Å². The Morgan fingerprint density at radius 2 is 2.12 bits per heavy atom. The van der Waals surface area contributed by atoms with Crippen LogP contribution in [0.25, 0.3) is 0 Å². The Labute approximate surface area is 150 Å². The highest BCUT2D eigenvalue weighted by molar-refractivity contribution is 6.31. The zero-order valence-corrected chi connectivity index (χ0v) is 14.6. The molecule has 2 aromatic rings. The Hall–Kier alpha value is -2.34. The highest BCUT2D eigenvalue weighted by Crippen LogP contribution is 2.23. The number of benzene rings is 1. The third kappa shape index (κ3) is 3.85. The molecule has 0 fully saturated rings. The molecule has 0 saturated heterocycles. The summed E-state index contributed by atoms with van der Waals surface area (Å²) in [7, 11) is 1.60. The van der Waals surface area contributed by atoms with Gasteiger partial charge in [-0.3, -0.25) is 9.59 Å². The topological polar surface area (TPSA) is 54.3 Å². The van der Waals surface area contributed by atoms with Crippen LogP contribution >= 0.6 is 11.6 Å².